The van der Waals surface area contributed by atoms with Gasteiger partial charge in [-0.1, -0.05) is 6.92 Å². The molecule has 0 atom stereocenters. The van der Waals surface area contributed by atoms with Crippen molar-refractivity contribution in [1.82, 2.24) is 0 Å². The van der Waals surface area contributed by atoms with Crippen molar-refractivity contribution in [2.45, 2.75) is 18.2 Å². The number of carbonyl (C=O) groups excluding carboxylic acids is 2. The van der Waals surface area contributed by atoms with E-state index in [2.05, 4.69) is 5.32 Å². The fourth-order valence-electron chi connectivity index (χ4n) is 0.948. The van der Waals surface area contributed by atoms with Gasteiger partial charge >= 0.3 is 0 Å². The monoisotopic (exact) mass is 335 g/mol. The van der Waals surface area contributed by atoms with Crippen molar-refractivity contribution in [1.29, 1.82) is 0 Å². The zero-order valence-corrected chi connectivity index (χ0v) is 11.1. The molecule has 0 unspecified atom stereocenters. The molecule has 0 saturated carbocycles. The van der Waals surface area contributed by atoms with E-state index in [0.717, 1.165) is 10.6 Å². The lowest BCUT2D eigenvalue weighted by Crippen LogP contribution is -2.08. The molecule has 0 heterocycles. The summed E-state index contributed by atoms with van der Waals surface area (Å²) in [5, 5.41) is 2.74. The third-order valence-electron chi connectivity index (χ3n) is 1.66. The second-order valence-electron chi connectivity index (χ2n) is 2.77. The second kappa shape index (κ2) is 6.12. The molecule has 5 heteroatoms. The van der Waals surface area contributed by atoms with Crippen LogP contribution in [0.15, 0.2) is 29.2 Å². The molecule has 1 rings (SSSR count). The Morgan fingerprint density at radius 1 is 1.33 bits per heavy atom. The maximum Gasteiger partial charge on any atom is 0.253 e. The van der Waals surface area contributed by atoms with Crippen LogP contribution in [0.1, 0.15) is 13.3 Å². The first-order valence-corrected chi connectivity index (χ1v) is 6.28. The Balaban J connectivity index is 2.64. The molecule has 1 amide bonds. The topological polar surface area (TPSA) is 46.2 Å². The Kier molecular flexibility index (Phi) is 5.10. The van der Waals surface area contributed by atoms with Gasteiger partial charge in [0.15, 0.2) is 0 Å². The highest BCUT2D eigenvalue weighted by atomic mass is 127. The normalized spacial score (nSPS) is 9.73. The van der Waals surface area contributed by atoms with Gasteiger partial charge in [0.25, 0.3) is 3.12 Å². The minimum Gasteiger partial charge on any atom is -0.326 e. The Morgan fingerprint density at radius 2 is 1.93 bits per heavy atom. The Morgan fingerprint density at radius 3 is 2.40 bits per heavy atom. The van der Waals surface area contributed by atoms with Gasteiger partial charge in [-0.2, -0.15) is 0 Å². The first-order chi connectivity index (χ1) is 7.11. The number of nitrogens with one attached hydrogen (secondary N) is 1. The van der Waals surface area contributed by atoms with Crippen LogP contribution in [-0.2, 0) is 4.79 Å². The van der Waals surface area contributed by atoms with Crippen LogP contribution in [0.2, 0.25) is 0 Å². The van der Waals surface area contributed by atoms with E-state index in [9.17, 15) is 9.59 Å². The number of amides is 1. The summed E-state index contributed by atoms with van der Waals surface area (Å²) in [5.74, 6) is -0.0135. The molecule has 0 fully saturated rings. The third kappa shape index (κ3) is 4.65. The number of hydrogen-bond acceptors (Lipinski definition) is 3. The van der Waals surface area contributed by atoms with Gasteiger partial charge in [-0.05, 0) is 36.0 Å². The van der Waals surface area contributed by atoms with E-state index in [1.54, 1.807) is 41.6 Å². The molecule has 3 nitrogen and oxygen atoms in total. The van der Waals surface area contributed by atoms with E-state index in [1.807, 2.05) is 12.1 Å². The van der Waals surface area contributed by atoms with Crippen molar-refractivity contribution < 1.29 is 9.59 Å². The number of hydrogen-bond donors (Lipinski definition) is 1. The summed E-state index contributed by atoms with van der Waals surface area (Å²) in [6, 6.07) is 7.20. The molecule has 1 aromatic carbocycles. The van der Waals surface area contributed by atoms with Crippen LogP contribution in [-0.4, -0.2) is 9.03 Å². The van der Waals surface area contributed by atoms with Crippen molar-refractivity contribution in [3.8, 4) is 0 Å². The Bertz CT molecular complexity index is 364. The number of benzene rings is 1. The smallest absolute Gasteiger partial charge is 0.253 e. The molecule has 0 aromatic heterocycles. The summed E-state index contributed by atoms with van der Waals surface area (Å²) in [4.78, 5) is 22.8. The van der Waals surface area contributed by atoms with E-state index in [0.29, 0.717) is 6.42 Å². The van der Waals surface area contributed by atoms with E-state index >= 15 is 0 Å². The number of halogens is 1. The molecule has 0 bridgehead atoms. The fourth-order valence-corrected chi connectivity index (χ4v) is 2.17. The lowest BCUT2D eigenvalue weighted by Gasteiger charge is -2.03. The number of carbonyl (C=O) groups is 2. The van der Waals surface area contributed by atoms with Crippen LogP contribution >= 0.6 is 34.4 Å². The second-order valence-corrected chi connectivity index (χ2v) is 5.52. The molecule has 15 heavy (non-hydrogen) atoms. The summed E-state index contributed by atoms with van der Waals surface area (Å²) in [5.41, 5.74) is 0.757. The van der Waals surface area contributed by atoms with E-state index in [-0.39, 0.29) is 9.03 Å². The van der Waals surface area contributed by atoms with Crippen molar-refractivity contribution >= 4 is 49.1 Å². The first kappa shape index (κ1) is 12.5. The Hall–Kier alpha value is -0.560. The van der Waals surface area contributed by atoms with E-state index in [4.69, 9.17) is 0 Å². The molecular formula is C10H10INO2S. The van der Waals surface area contributed by atoms with Crippen LogP contribution in [0.3, 0.4) is 0 Å². The van der Waals surface area contributed by atoms with Crippen LogP contribution in [0, 0.1) is 0 Å². The lowest BCUT2D eigenvalue weighted by atomic mass is 10.3. The average Bonchev–Trinajstić information content (AvgIpc) is 2.20. The number of anilines is 1. The molecule has 1 N–H and O–H groups in total. The summed E-state index contributed by atoms with van der Waals surface area (Å²) >= 11 is 2.90. The maximum atomic E-state index is 11.1. The maximum absolute atomic E-state index is 11.1. The van der Waals surface area contributed by atoms with Crippen LogP contribution in [0.5, 0.6) is 0 Å². The highest BCUT2D eigenvalue weighted by molar-refractivity contribution is 14.1. The molecule has 0 spiro atoms. The standard InChI is InChI=1S/C10H10INO2S/c1-2-9(13)12-7-3-5-8(6-4-7)15-10(11)14/h3-6H,2H2,1H3,(H,12,13). The van der Waals surface area contributed by atoms with Crippen molar-refractivity contribution in [2.24, 2.45) is 0 Å². The molecule has 1 aromatic rings. The van der Waals surface area contributed by atoms with E-state index < -0.39 is 0 Å². The molecule has 0 aliphatic rings. The fraction of sp³-hybridized carbons (Fsp3) is 0.200. The van der Waals surface area contributed by atoms with Gasteiger partial charge in [-0.3, -0.25) is 9.59 Å². The third-order valence-corrected chi connectivity index (χ3v) is 2.99. The van der Waals surface area contributed by atoms with Gasteiger partial charge in [0.2, 0.25) is 5.91 Å². The predicted molar refractivity (Wildman–Crippen MR) is 70.6 cm³/mol. The van der Waals surface area contributed by atoms with Crippen molar-refractivity contribution in [3.05, 3.63) is 24.3 Å². The molecular weight excluding hydrogens is 325 g/mol. The van der Waals surface area contributed by atoms with E-state index in [1.165, 1.54) is 11.8 Å². The van der Waals surface area contributed by atoms with Crippen LogP contribution in [0.4, 0.5) is 10.5 Å². The summed E-state index contributed by atoms with van der Waals surface area (Å²) in [7, 11) is 0. The lowest BCUT2D eigenvalue weighted by molar-refractivity contribution is -0.115. The summed E-state index contributed by atoms with van der Waals surface area (Å²) in [6.45, 7) is 1.80. The van der Waals surface area contributed by atoms with Crippen LogP contribution < -0.4 is 5.32 Å². The molecule has 80 valence electrons. The predicted octanol–water partition coefficient (Wildman–Crippen LogP) is 3.68. The minimum absolute atomic E-state index is 0.0135. The van der Waals surface area contributed by atoms with Gasteiger partial charge < -0.3 is 5.32 Å². The van der Waals surface area contributed by atoms with Gasteiger partial charge in [-0.15, -0.1) is 0 Å². The zero-order valence-electron chi connectivity index (χ0n) is 8.12. The molecule has 0 radical (unpaired) electrons. The zero-order chi connectivity index (χ0) is 11.3. The number of thioether (sulfide) groups is 1. The Labute approximate surface area is 106 Å². The SMILES string of the molecule is CCC(=O)Nc1ccc(SC(=O)I)cc1. The van der Waals surface area contributed by atoms with Crippen molar-refractivity contribution in [3.63, 3.8) is 0 Å². The average molecular weight is 335 g/mol. The van der Waals surface area contributed by atoms with Crippen LogP contribution in [0.25, 0.3) is 0 Å². The quantitative estimate of drug-likeness (QED) is 0.521. The molecule has 0 saturated heterocycles. The van der Waals surface area contributed by atoms with Gasteiger partial charge in [0.05, 0.1) is 0 Å². The van der Waals surface area contributed by atoms with Crippen molar-refractivity contribution in [2.75, 3.05) is 5.32 Å². The largest absolute Gasteiger partial charge is 0.326 e. The molecule has 0 aliphatic carbocycles. The molecule has 0 aliphatic heterocycles. The summed E-state index contributed by atoms with van der Waals surface area (Å²) < 4.78 is 0.0259. The summed E-state index contributed by atoms with van der Waals surface area (Å²) in [6.07, 6.45) is 0.461. The highest BCUT2D eigenvalue weighted by Crippen LogP contribution is 2.24. The van der Waals surface area contributed by atoms with Gasteiger partial charge in [-0.25, -0.2) is 0 Å². The minimum atomic E-state index is -0.0135. The highest BCUT2D eigenvalue weighted by Gasteiger charge is 2.01. The van der Waals surface area contributed by atoms with Gasteiger partial charge in [0, 0.05) is 39.6 Å². The number of rotatable bonds is 3. The van der Waals surface area contributed by atoms with Gasteiger partial charge in [0.1, 0.15) is 0 Å². The first-order valence-electron chi connectivity index (χ1n) is 4.39.